The fourth-order valence-electron chi connectivity index (χ4n) is 4.14. The summed E-state index contributed by atoms with van der Waals surface area (Å²) in [6.07, 6.45) is 4.10. The molecule has 1 aromatic carbocycles. The Morgan fingerprint density at radius 3 is 2.68 bits per heavy atom. The van der Waals surface area contributed by atoms with Crippen molar-refractivity contribution in [3.8, 4) is 11.8 Å². The molecule has 1 saturated carbocycles. The summed E-state index contributed by atoms with van der Waals surface area (Å²) < 4.78 is 6.45. The fourth-order valence-corrected chi connectivity index (χ4v) is 4.14. The van der Waals surface area contributed by atoms with Gasteiger partial charge in [0.15, 0.2) is 0 Å². The molecule has 0 unspecified atom stereocenters. The first-order valence-electron chi connectivity index (χ1n) is 9.32. The van der Waals surface area contributed by atoms with Crippen LogP contribution in [0.4, 0.5) is 0 Å². The van der Waals surface area contributed by atoms with Gasteiger partial charge in [0.2, 0.25) is 5.91 Å². The summed E-state index contributed by atoms with van der Waals surface area (Å²) in [5, 5.41) is 12.5. The van der Waals surface area contributed by atoms with Crippen LogP contribution in [-0.4, -0.2) is 36.0 Å². The summed E-state index contributed by atoms with van der Waals surface area (Å²) in [6.45, 7) is 5.31. The molecule has 1 aliphatic carbocycles. The van der Waals surface area contributed by atoms with E-state index in [1.165, 1.54) is 0 Å². The van der Waals surface area contributed by atoms with Crippen molar-refractivity contribution in [3.63, 3.8) is 0 Å². The van der Waals surface area contributed by atoms with Crippen LogP contribution in [-0.2, 0) is 4.79 Å². The number of para-hydroxylation sites is 1. The number of fused-ring (bicyclic) bond motifs is 1. The van der Waals surface area contributed by atoms with Crippen LogP contribution in [0, 0.1) is 16.7 Å². The molecule has 2 heterocycles. The van der Waals surface area contributed by atoms with Crippen LogP contribution in [0.25, 0.3) is 0 Å². The summed E-state index contributed by atoms with van der Waals surface area (Å²) in [6, 6.07) is 10.1. The van der Waals surface area contributed by atoms with Crippen LogP contribution in [0.15, 0.2) is 24.3 Å². The van der Waals surface area contributed by atoms with Gasteiger partial charge in [0.1, 0.15) is 16.8 Å². The number of hydrogen-bond donors (Lipinski definition) is 1. The molecule has 0 bridgehead atoms. The van der Waals surface area contributed by atoms with E-state index in [4.69, 9.17) is 4.74 Å². The number of piperidine rings is 1. The van der Waals surface area contributed by atoms with E-state index in [0.717, 1.165) is 50.2 Å². The van der Waals surface area contributed by atoms with Crippen LogP contribution in [0.2, 0.25) is 0 Å². The number of nitriles is 1. The van der Waals surface area contributed by atoms with Crippen molar-refractivity contribution in [2.75, 3.05) is 19.6 Å². The minimum absolute atomic E-state index is 0.0727. The number of nitrogens with zero attached hydrogens (tertiary/aromatic N) is 2. The van der Waals surface area contributed by atoms with Gasteiger partial charge < -0.3 is 15.0 Å². The highest BCUT2D eigenvalue weighted by molar-refractivity contribution is 5.88. The average molecular weight is 339 g/mol. The molecule has 5 nitrogen and oxygen atoms in total. The van der Waals surface area contributed by atoms with Crippen molar-refractivity contribution in [2.24, 2.45) is 5.41 Å². The maximum Gasteiger partial charge on any atom is 0.240 e. The summed E-state index contributed by atoms with van der Waals surface area (Å²) in [5.41, 5.74) is 0.0426. The van der Waals surface area contributed by atoms with Crippen molar-refractivity contribution in [2.45, 2.75) is 50.7 Å². The third-order valence-electron chi connectivity index (χ3n) is 6.12. The quantitative estimate of drug-likeness (QED) is 0.920. The number of likely N-dealkylation sites (tertiary alicyclic amines) is 1. The van der Waals surface area contributed by atoms with Gasteiger partial charge in [-0.05, 0) is 38.3 Å². The van der Waals surface area contributed by atoms with Gasteiger partial charge in [-0.3, -0.25) is 4.79 Å². The molecular weight excluding hydrogens is 314 g/mol. The zero-order chi connectivity index (χ0) is 17.5. The molecule has 1 N–H and O–H groups in total. The first-order valence-corrected chi connectivity index (χ1v) is 9.32. The van der Waals surface area contributed by atoms with E-state index in [0.29, 0.717) is 12.8 Å². The first-order chi connectivity index (χ1) is 12.1. The highest BCUT2D eigenvalue weighted by atomic mass is 16.5. The number of carbonyl (C=O) groups excluding carboxylic acids is 1. The van der Waals surface area contributed by atoms with Gasteiger partial charge in [-0.1, -0.05) is 25.1 Å². The van der Waals surface area contributed by atoms with Crippen LogP contribution < -0.4 is 10.1 Å². The third-order valence-corrected chi connectivity index (χ3v) is 6.12. The van der Waals surface area contributed by atoms with Crippen molar-refractivity contribution in [1.29, 1.82) is 5.26 Å². The van der Waals surface area contributed by atoms with E-state index < -0.39 is 5.41 Å². The number of hydrogen-bond acceptors (Lipinski definition) is 4. The second-order valence-corrected chi connectivity index (χ2v) is 7.68. The van der Waals surface area contributed by atoms with Crippen LogP contribution in [0.5, 0.6) is 5.75 Å². The van der Waals surface area contributed by atoms with Gasteiger partial charge in [0.05, 0.1) is 12.1 Å². The van der Waals surface area contributed by atoms with Crippen molar-refractivity contribution < 1.29 is 9.53 Å². The third kappa shape index (κ3) is 2.89. The maximum absolute atomic E-state index is 12.6. The number of nitrogens with one attached hydrogen (secondary N) is 1. The van der Waals surface area contributed by atoms with Crippen molar-refractivity contribution >= 4 is 5.91 Å². The van der Waals surface area contributed by atoms with Gasteiger partial charge >= 0.3 is 0 Å². The second kappa shape index (κ2) is 6.03. The summed E-state index contributed by atoms with van der Waals surface area (Å²) in [7, 11) is 0. The topological polar surface area (TPSA) is 65.4 Å². The molecule has 1 aromatic rings. The van der Waals surface area contributed by atoms with Crippen LogP contribution in [0.3, 0.4) is 0 Å². The molecule has 1 amide bonds. The zero-order valence-corrected chi connectivity index (χ0v) is 14.8. The Hall–Kier alpha value is -2.06. The van der Waals surface area contributed by atoms with Crippen LogP contribution in [0.1, 0.15) is 50.6 Å². The number of benzene rings is 1. The highest BCUT2D eigenvalue weighted by Gasteiger charge is 2.52. The molecule has 132 valence electrons. The van der Waals surface area contributed by atoms with Crippen LogP contribution >= 0.6 is 0 Å². The van der Waals surface area contributed by atoms with E-state index in [1.807, 2.05) is 24.3 Å². The second-order valence-electron chi connectivity index (χ2n) is 7.68. The average Bonchev–Trinajstić information content (AvgIpc) is 3.44. The van der Waals surface area contributed by atoms with Gasteiger partial charge in [-0.2, -0.15) is 5.26 Å². The molecule has 3 aliphatic rings. The van der Waals surface area contributed by atoms with E-state index in [9.17, 15) is 10.1 Å². The molecular formula is C20H25N3O2. The van der Waals surface area contributed by atoms with E-state index in [-0.39, 0.29) is 17.6 Å². The van der Waals surface area contributed by atoms with E-state index in [1.54, 1.807) is 0 Å². The van der Waals surface area contributed by atoms with Crippen molar-refractivity contribution in [3.05, 3.63) is 29.8 Å². The lowest BCUT2D eigenvalue weighted by molar-refractivity contribution is -0.126. The summed E-state index contributed by atoms with van der Waals surface area (Å²) in [5.74, 6) is 0.767. The maximum atomic E-state index is 12.6. The standard InChI is InChI=1S/C20H25N3O2/c1-2-23-11-9-20(10-12-23)13-16(15-5-3-4-6-17(15)25-20)22-18(24)19(14-21)7-8-19/h3-6,16H,2,7-13H2,1H3,(H,22,24)/t16-/m0/s1. The van der Waals surface area contributed by atoms with E-state index >= 15 is 0 Å². The Morgan fingerprint density at radius 1 is 1.32 bits per heavy atom. The van der Waals surface area contributed by atoms with Gasteiger partial charge in [-0.15, -0.1) is 0 Å². The molecule has 5 heteroatoms. The molecule has 1 saturated heterocycles. The lowest BCUT2D eigenvalue weighted by atomic mass is 9.80. The highest BCUT2D eigenvalue weighted by Crippen LogP contribution is 2.48. The zero-order valence-electron chi connectivity index (χ0n) is 14.8. The largest absolute Gasteiger partial charge is 0.487 e. The number of carbonyl (C=O) groups is 1. The summed E-state index contributed by atoms with van der Waals surface area (Å²) in [4.78, 5) is 15.1. The Morgan fingerprint density at radius 2 is 2.04 bits per heavy atom. The molecule has 4 rings (SSSR count). The Balaban J connectivity index is 1.58. The lowest BCUT2D eigenvalue weighted by Crippen LogP contribution is -2.52. The molecule has 2 aliphatic heterocycles. The molecule has 0 aromatic heterocycles. The van der Waals surface area contributed by atoms with Gasteiger partial charge in [-0.25, -0.2) is 0 Å². The molecule has 1 atom stereocenters. The van der Waals surface area contributed by atoms with Gasteiger partial charge in [0.25, 0.3) is 0 Å². The minimum atomic E-state index is -0.786. The van der Waals surface area contributed by atoms with Gasteiger partial charge in [0, 0.05) is 25.1 Å². The normalized spacial score (nSPS) is 26.2. The molecule has 1 spiro atoms. The number of ether oxygens (including phenoxy) is 1. The Kier molecular flexibility index (Phi) is 3.96. The monoisotopic (exact) mass is 339 g/mol. The minimum Gasteiger partial charge on any atom is -0.487 e. The lowest BCUT2D eigenvalue weighted by Gasteiger charge is -2.47. The summed E-state index contributed by atoms with van der Waals surface area (Å²) >= 11 is 0. The predicted molar refractivity (Wildman–Crippen MR) is 93.9 cm³/mol. The van der Waals surface area contributed by atoms with Crippen molar-refractivity contribution in [1.82, 2.24) is 10.2 Å². The predicted octanol–water partition coefficient (Wildman–Crippen LogP) is 2.78. The Labute approximate surface area is 149 Å². The van der Waals surface area contributed by atoms with E-state index in [2.05, 4.69) is 23.2 Å². The Bertz CT molecular complexity index is 712. The molecule has 0 radical (unpaired) electrons. The first kappa shape index (κ1) is 16.4. The SMILES string of the molecule is CCN1CCC2(CC1)C[C@H](NC(=O)C1(C#N)CC1)c1ccccc1O2. The molecule has 2 fully saturated rings. The smallest absolute Gasteiger partial charge is 0.240 e. The molecule has 25 heavy (non-hydrogen) atoms. The number of rotatable bonds is 3. The number of amides is 1. The fraction of sp³-hybridized carbons (Fsp3) is 0.600.